The number of carbonyl (C=O) groups is 2. The molecule has 9 heteroatoms. The Kier molecular flexibility index (Phi) is 7.92. The Morgan fingerprint density at radius 2 is 1.79 bits per heavy atom. The molecule has 1 aromatic rings. The molecular weight excluding hydrogens is 435 g/mol. The van der Waals surface area contributed by atoms with Crippen LogP contribution in [0.15, 0.2) is 24.3 Å². The number of nitrogens with zero attached hydrogens (tertiary/aromatic N) is 2. The summed E-state index contributed by atoms with van der Waals surface area (Å²) in [6.45, 7) is 8.54. The maximum absolute atomic E-state index is 13.3. The minimum atomic E-state index is -4.71. The van der Waals surface area contributed by atoms with E-state index < -0.39 is 17.9 Å². The molecule has 33 heavy (non-hydrogen) atoms. The minimum Gasteiger partial charge on any atom is -0.406 e. The van der Waals surface area contributed by atoms with Crippen LogP contribution in [0.5, 0.6) is 5.75 Å². The lowest BCUT2D eigenvalue weighted by Crippen LogP contribution is -2.73. The van der Waals surface area contributed by atoms with Crippen molar-refractivity contribution in [3.63, 3.8) is 0 Å². The molecule has 184 valence electrons. The SMILES string of the molecule is CCCCN1C(=O)[C@H](CC(C)C)NC(=O)C12CCN(Cc1ccc(OC(F)(F)F)cc1)CC2. The third-order valence-electron chi connectivity index (χ3n) is 6.50. The first kappa shape index (κ1) is 25.3. The minimum absolute atomic E-state index is 0.0189. The quantitative estimate of drug-likeness (QED) is 0.623. The predicted molar refractivity (Wildman–Crippen MR) is 118 cm³/mol. The zero-order chi connectivity index (χ0) is 24.2. The van der Waals surface area contributed by atoms with Gasteiger partial charge in [-0.25, -0.2) is 0 Å². The molecule has 2 heterocycles. The summed E-state index contributed by atoms with van der Waals surface area (Å²) in [5, 5.41) is 3.00. The molecule has 2 amide bonds. The fourth-order valence-electron chi connectivity index (χ4n) is 4.78. The molecule has 2 fully saturated rings. The molecule has 0 aromatic heterocycles. The van der Waals surface area contributed by atoms with E-state index in [1.54, 1.807) is 12.1 Å². The van der Waals surface area contributed by atoms with Gasteiger partial charge in [-0.2, -0.15) is 0 Å². The van der Waals surface area contributed by atoms with Gasteiger partial charge in [0.1, 0.15) is 17.3 Å². The van der Waals surface area contributed by atoms with Gasteiger partial charge in [0, 0.05) is 26.2 Å². The molecular formula is C24H34F3N3O3. The summed E-state index contributed by atoms with van der Waals surface area (Å²) in [7, 11) is 0. The average Bonchev–Trinajstić information content (AvgIpc) is 2.73. The number of piperidine rings is 1. The number of unbranched alkanes of at least 4 members (excludes halogenated alkanes) is 1. The summed E-state index contributed by atoms with van der Waals surface area (Å²) in [6.07, 6.45) is -1.21. The van der Waals surface area contributed by atoms with Gasteiger partial charge in [-0.05, 0) is 49.3 Å². The molecule has 1 N–H and O–H groups in total. The van der Waals surface area contributed by atoms with Crippen LogP contribution >= 0.6 is 0 Å². The topological polar surface area (TPSA) is 61.9 Å². The lowest BCUT2D eigenvalue weighted by Gasteiger charge is -2.52. The number of hydrogen-bond donors (Lipinski definition) is 1. The van der Waals surface area contributed by atoms with Crippen LogP contribution in [0.3, 0.4) is 0 Å². The largest absolute Gasteiger partial charge is 0.573 e. The Hall–Kier alpha value is -2.29. The van der Waals surface area contributed by atoms with Gasteiger partial charge < -0.3 is 15.0 Å². The zero-order valence-corrected chi connectivity index (χ0v) is 19.6. The Morgan fingerprint density at radius 3 is 2.33 bits per heavy atom. The van der Waals surface area contributed by atoms with Gasteiger partial charge in [0.25, 0.3) is 0 Å². The number of rotatable bonds is 8. The Balaban J connectivity index is 1.66. The van der Waals surface area contributed by atoms with Crippen molar-refractivity contribution in [2.45, 2.75) is 77.4 Å². The summed E-state index contributed by atoms with van der Waals surface area (Å²) in [5.74, 6) is 0.0162. The van der Waals surface area contributed by atoms with Crippen molar-refractivity contribution in [3.8, 4) is 5.75 Å². The number of piperazine rings is 1. The predicted octanol–water partition coefficient (Wildman–Crippen LogP) is 4.09. The molecule has 1 spiro atoms. The van der Waals surface area contributed by atoms with Gasteiger partial charge in [-0.3, -0.25) is 14.5 Å². The lowest BCUT2D eigenvalue weighted by atomic mass is 9.80. The van der Waals surface area contributed by atoms with Gasteiger partial charge >= 0.3 is 6.36 Å². The highest BCUT2D eigenvalue weighted by molar-refractivity contribution is 6.00. The number of ether oxygens (including phenoxy) is 1. The van der Waals surface area contributed by atoms with E-state index in [-0.39, 0.29) is 17.6 Å². The van der Waals surface area contributed by atoms with Crippen LogP contribution in [0, 0.1) is 5.92 Å². The summed E-state index contributed by atoms with van der Waals surface area (Å²) in [4.78, 5) is 30.6. The summed E-state index contributed by atoms with van der Waals surface area (Å²) < 4.78 is 41.0. The Morgan fingerprint density at radius 1 is 1.15 bits per heavy atom. The van der Waals surface area contributed by atoms with E-state index in [9.17, 15) is 22.8 Å². The molecule has 0 saturated carbocycles. The fourth-order valence-corrected chi connectivity index (χ4v) is 4.78. The number of hydrogen-bond acceptors (Lipinski definition) is 4. The average molecular weight is 470 g/mol. The van der Waals surface area contributed by atoms with Crippen molar-refractivity contribution in [1.82, 2.24) is 15.1 Å². The standard InChI is InChI=1S/C24H34F3N3O3/c1-4-5-12-30-21(31)20(15-17(2)3)28-22(32)23(30)10-13-29(14-11-23)16-18-6-8-19(9-7-18)33-24(25,26)27/h6-9,17,20H,4-5,10-16H2,1-3H3,(H,28,32)/t20-/m0/s1. The number of likely N-dealkylation sites (tertiary alicyclic amines) is 1. The fraction of sp³-hybridized carbons (Fsp3) is 0.667. The Bertz CT molecular complexity index is 818. The number of amides is 2. The van der Waals surface area contributed by atoms with E-state index in [0.29, 0.717) is 51.4 Å². The van der Waals surface area contributed by atoms with Crippen molar-refractivity contribution in [1.29, 1.82) is 0 Å². The number of nitrogens with one attached hydrogen (secondary N) is 1. The zero-order valence-electron chi connectivity index (χ0n) is 19.6. The van der Waals surface area contributed by atoms with Crippen molar-refractivity contribution in [2.75, 3.05) is 19.6 Å². The smallest absolute Gasteiger partial charge is 0.406 e. The molecule has 1 atom stereocenters. The van der Waals surface area contributed by atoms with Crippen molar-refractivity contribution >= 4 is 11.8 Å². The lowest BCUT2D eigenvalue weighted by molar-refractivity contribution is -0.274. The van der Waals surface area contributed by atoms with Crippen LogP contribution in [-0.2, 0) is 16.1 Å². The second-order valence-electron chi connectivity index (χ2n) is 9.50. The molecule has 1 aromatic carbocycles. The van der Waals surface area contributed by atoms with E-state index in [0.717, 1.165) is 18.4 Å². The van der Waals surface area contributed by atoms with Crippen LogP contribution in [0.4, 0.5) is 13.2 Å². The first-order chi connectivity index (χ1) is 15.5. The van der Waals surface area contributed by atoms with Gasteiger partial charge in [0.05, 0.1) is 0 Å². The molecule has 0 unspecified atom stereocenters. The normalized spacial score (nSPS) is 21.5. The summed E-state index contributed by atoms with van der Waals surface area (Å²) >= 11 is 0. The second kappa shape index (κ2) is 10.3. The van der Waals surface area contributed by atoms with Gasteiger partial charge in [-0.15, -0.1) is 13.2 Å². The van der Waals surface area contributed by atoms with Crippen molar-refractivity contribution < 1.29 is 27.5 Å². The van der Waals surface area contributed by atoms with Crippen molar-refractivity contribution in [3.05, 3.63) is 29.8 Å². The summed E-state index contributed by atoms with van der Waals surface area (Å²) in [6, 6.07) is 5.39. The Labute approximate surface area is 193 Å². The third-order valence-corrected chi connectivity index (χ3v) is 6.50. The highest BCUT2D eigenvalue weighted by Gasteiger charge is 2.53. The highest BCUT2D eigenvalue weighted by atomic mass is 19.4. The third kappa shape index (κ3) is 6.19. The summed E-state index contributed by atoms with van der Waals surface area (Å²) in [5.41, 5.74) is 0.0465. The molecule has 2 aliphatic rings. The maximum atomic E-state index is 13.3. The first-order valence-corrected chi connectivity index (χ1v) is 11.7. The van der Waals surface area contributed by atoms with Crippen LogP contribution in [0.25, 0.3) is 0 Å². The molecule has 0 bridgehead atoms. The number of alkyl halides is 3. The van der Waals surface area contributed by atoms with Crippen molar-refractivity contribution in [2.24, 2.45) is 5.92 Å². The molecule has 0 aliphatic carbocycles. The van der Waals surface area contributed by atoms with Crippen LogP contribution in [0.2, 0.25) is 0 Å². The van der Waals surface area contributed by atoms with Crippen LogP contribution < -0.4 is 10.1 Å². The van der Waals surface area contributed by atoms with E-state index >= 15 is 0 Å². The molecule has 3 rings (SSSR count). The molecule has 6 nitrogen and oxygen atoms in total. The monoisotopic (exact) mass is 469 g/mol. The maximum Gasteiger partial charge on any atom is 0.573 e. The van der Waals surface area contributed by atoms with Crippen LogP contribution in [-0.4, -0.2) is 59.2 Å². The van der Waals surface area contributed by atoms with E-state index in [2.05, 4.69) is 21.9 Å². The molecule has 2 aliphatic heterocycles. The molecule has 2 saturated heterocycles. The van der Waals surface area contributed by atoms with Gasteiger partial charge in [0.15, 0.2) is 0 Å². The van der Waals surface area contributed by atoms with E-state index in [1.807, 2.05) is 18.7 Å². The number of carbonyl (C=O) groups excluding carboxylic acids is 2. The van der Waals surface area contributed by atoms with Crippen LogP contribution in [0.1, 0.15) is 58.4 Å². The second-order valence-corrected chi connectivity index (χ2v) is 9.50. The van der Waals surface area contributed by atoms with E-state index in [1.165, 1.54) is 12.1 Å². The van der Waals surface area contributed by atoms with E-state index in [4.69, 9.17) is 0 Å². The first-order valence-electron chi connectivity index (χ1n) is 11.7. The number of benzene rings is 1. The number of halogens is 3. The van der Waals surface area contributed by atoms with Gasteiger partial charge in [-0.1, -0.05) is 39.3 Å². The molecule has 0 radical (unpaired) electrons. The highest BCUT2D eigenvalue weighted by Crippen LogP contribution is 2.35. The van der Waals surface area contributed by atoms with Gasteiger partial charge in [0.2, 0.25) is 11.8 Å².